The van der Waals surface area contributed by atoms with E-state index in [1.165, 1.54) is 0 Å². The van der Waals surface area contributed by atoms with Crippen molar-refractivity contribution in [3.05, 3.63) is 29.3 Å². The van der Waals surface area contributed by atoms with Crippen molar-refractivity contribution in [2.75, 3.05) is 19.8 Å². The van der Waals surface area contributed by atoms with E-state index in [1.807, 2.05) is 26.0 Å². The molecule has 17 heavy (non-hydrogen) atoms. The summed E-state index contributed by atoms with van der Waals surface area (Å²) in [6.07, 6.45) is 1.04. The minimum absolute atomic E-state index is 0.0654. The number of ether oxygens (including phenoxy) is 2. The van der Waals surface area contributed by atoms with Gasteiger partial charge in [0.15, 0.2) is 0 Å². The standard InChI is InChI=1S/C14H23NO2/c1-4-7-16-8-9-17-14-6-5-13(12(3)15)10-11(14)2/h5-6,10,12H,4,7-9,15H2,1-3H3. The van der Waals surface area contributed by atoms with Gasteiger partial charge in [0.2, 0.25) is 0 Å². The van der Waals surface area contributed by atoms with Crippen molar-refractivity contribution in [2.45, 2.75) is 33.2 Å². The first kappa shape index (κ1) is 14.0. The summed E-state index contributed by atoms with van der Waals surface area (Å²) in [6.45, 7) is 8.15. The Kier molecular flexibility index (Phi) is 6.01. The van der Waals surface area contributed by atoms with Gasteiger partial charge in [-0.05, 0) is 37.5 Å². The van der Waals surface area contributed by atoms with E-state index in [-0.39, 0.29) is 6.04 Å². The molecule has 3 heteroatoms. The molecule has 0 saturated heterocycles. The van der Waals surface area contributed by atoms with Crippen molar-refractivity contribution in [3.8, 4) is 5.75 Å². The molecule has 1 unspecified atom stereocenters. The second-order valence-electron chi connectivity index (χ2n) is 4.27. The molecule has 1 aromatic carbocycles. The normalized spacial score (nSPS) is 12.5. The molecule has 1 atom stereocenters. The Morgan fingerprint density at radius 2 is 2.00 bits per heavy atom. The number of nitrogens with two attached hydrogens (primary N) is 1. The topological polar surface area (TPSA) is 44.5 Å². The summed E-state index contributed by atoms with van der Waals surface area (Å²) in [7, 11) is 0. The summed E-state index contributed by atoms with van der Waals surface area (Å²) in [6, 6.07) is 6.14. The van der Waals surface area contributed by atoms with Crippen molar-refractivity contribution in [3.63, 3.8) is 0 Å². The van der Waals surface area contributed by atoms with Crippen LogP contribution in [0.4, 0.5) is 0 Å². The van der Waals surface area contributed by atoms with Crippen LogP contribution in [0.15, 0.2) is 18.2 Å². The highest BCUT2D eigenvalue weighted by atomic mass is 16.5. The quantitative estimate of drug-likeness (QED) is 0.742. The molecular formula is C14H23NO2. The molecular weight excluding hydrogens is 214 g/mol. The fraction of sp³-hybridized carbons (Fsp3) is 0.571. The van der Waals surface area contributed by atoms with Crippen molar-refractivity contribution in [1.82, 2.24) is 0 Å². The van der Waals surface area contributed by atoms with Crippen LogP contribution in [0.3, 0.4) is 0 Å². The van der Waals surface area contributed by atoms with Crippen molar-refractivity contribution < 1.29 is 9.47 Å². The molecule has 0 aliphatic rings. The molecule has 0 radical (unpaired) electrons. The summed E-state index contributed by atoms with van der Waals surface area (Å²) < 4.78 is 11.0. The van der Waals surface area contributed by atoms with Crippen LogP contribution in [0.5, 0.6) is 5.75 Å². The van der Waals surface area contributed by atoms with Gasteiger partial charge in [-0.25, -0.2) is 0 Å². The molecule has 1 rings (SSSR count). The lowest BCUT2D eigenvalue weighted by Gasteiger charge is -2.12. The second-order valence-corrected chi connectivity index (χ2v) is 4.27. The van der Waals surface area contributed by atoms with Gasteiger partial charge >= 0.3 is 0 Å². The van der Waals surface area contributed by atoms with Crippen LogP contribution in [0.25, 0.3) is 0 Å². The minimum Gasteiger partial charge on any atom is -0.491 e. The van der Waals surface area contributed by atoms with E-state index < -0.39 is 0 Å². The van der Waals surface area contributed by atoms with Gasteiger partial charge in [-0.15, -0.1) is 0 Å². The number of hydrogen-bond acceptors (Lipinski definition) is 3. The summed E-state index contributed by atoms with van der Waals surface area (Å²) >= 11 is 0. The number of aryl methyl sites for hydroxylation is 1. The van der Waals surface area contributed by atoms with Gasteiger partial charge in [0.05, 0.1) is 6.61 Å². The highest BCUT2D eigenvalue weighted by molar-refractivity contribution is 5.37. The van der Waals surface area contributed by atoms with Gasteiger partial charge in [-0.3, -0.25) is 0 Å². The Morgan fingerprint density at radius 3 is 2.59 bits per heavy atom. The van der Waals surface area contributed by atoms with Gasteiger partial charge < -0.3 is 15.2 Å². The Labute approximate surface area is 104 Å². The molecule has 0 fully saturated rings. The number of rotatable bonds is 7. The van der Waals surface area contributed by atoms with Gasteiger partial charge in [0, 0.05) is 12.6 Å². The van der Waals surface area contributed by atoms with Crippen LogP contribution in [0.1, 0.15) is 37.4 Å². The Morgan fingerprint density at radius 1 is 1.24 bits per heavy atom. The molecule has 0 amide bonds. The lowest BCUT2D eigenvalue weighted by atomic mass is 10.1. The summed E-state index contributed by atoms with van der Waals surface area (Å²) in [5.74, 6) is 0.912. The van der Waals surface area contributed by atoms with Crippen molar-refractivity contribution >= 4 is 0 Å². The zero-order valence-electron chi connectivity index (χ0n) is 11.0. The zero-order chi connectivity index (χ0) is 12.7. The van der Waals surface area contributed by atoms with E-state index in [0.717, 1.165) is 29.9 Å². The van der Waals surface area contributed by atoms with Crippen LogP contribution >= 0.6 is 0 Å². The third-order valence-electron chi connectivity index (χ3n) is 2.56. The highest BCUT2D eigenvalue weighted by Gasteiger charge is 2.04. The maximum absolute atomic E-state index is 5.83. The molecule has 0 saturated carbocycles. The zero-order valence-corrected chi connectivity index (χ0v) is 11.0. The van der Waals surface area contributed by atoms with E-state index in [9.17, 15) is 0 Å². The largest absolute Gasteiger partial charge is 0.491 e. The number of benzene rings is 1. The fourth-order valence-corrected chi connectivity index (χ4v) is 1.57. The molecule has 96 valence electrons. The Balaban J connectivity index is 2.43. The molecule has 0 bridgehead atoms. The highest BCUT2D eigenvalue weighted by Crippen LogP contribution is 2.21. The van der Waals surface area contributed by atoms with E-state index in [2.05, 4.69) is 13.0 Å². The van der Waals surface area contributed by atoms with Crippen molar-refractivity contribution in [1.29, 1.82) is 0 Å². The first-order valence-electron chi connectivity index (χ1n) is 6.21. The number of hydrogen-bond donors (Lipinski definition) is 1. The van der Waals surface area contributed by atoms with E-state index in [4.69, 9.17) is 15.2 Å². The maximum Gasteiger partial charge on any atom is 0.122 e. The summed E-state index contributed by atoms with van der Waals surface area (Å²) in [5, 5.41) is 0. The SMILES string of the molecule is CCCOCCOc1ccc(C(C)N)cc1C. The van der Waals surface area contributed by atoms with Crippen LogP contribution < -0.4 is 10.5 Å². The summed E-state index contributed by atoms with van der Waals surface area (Å²) in [5.41, 5.74) is 8.08. The lowest BCUT2D eigenvalue weighted by Crippen LogP contribution is -2.09. The molecule has 3 nitrogen and oxygen atoms in total. The minimum atomic E-state index is 0.0654. The molecule has 0 aromatic heterocycles. The molecule has 0 spiro atoms. The first-order chi connectivity index (χ1) is 8.15. The maximum atomic E-state index is 5.83. The van der Waals surface area contributed by atoms with Crippen LogP contribution in [0.2, 0.25) is 0 Å². The Hall–Kier alpha value is -1.06. The molecule has 2 N–H and O–H groups in total. The smallest absolute Gasteiger partial charge is 0.122 e. The van der Waals surface area contributed by atoms with Crippen molar-refractivity contribution in [2.24, 2.45) is 5.73 Å². The molecule has 0 aliphatic heterocycles. The van der Waals surface area contributed by atoms with Gasteiger partial charge in [0.25, 0.3) is 0 Å². The third-order valence-corrected chi connectivity index (χ3v) is 2.56. The molecule has 0 aliphatic carbocycles. The van der Waals surface area contributed by atoms with Gasteiger partial charge in [-0.2, -0.15) is 0 Å². The predicted molar refractivity (Wildman–Crippen MR) is 70.4 cm³/mol. The van der Waals surface area contributed by atoms with Gasteiger partial charge in [-0.1, -0.05) is 19.1 Å². The molecule has 0 heterocycles. The predicted octanol–water partition coefficient (Wildman–Crippen LogP) is 2.82. The monoisotopic (exact) mass is 237 g/mol. The van der Waals surface area contributed by atoms with Gasteiger partial charge in [0.1, 0.15) is 12.4 Å². The van der Waals surface area contributed by atoms with E-state index in [1.54, 1.807) is 0 Å². The Bertz CT molecular complexity index is 337. The van der Waals surface area contributed by atoms with Crippen LogP contribution in [-0.2, 0) is 4.74 Å². The van der Waals surface area contributed by atoms with E-state index >= 15 is 0 Å². The second kappa shape index (κ2) is 7.30. The first-order valence-corrected chi connectivity index (χ1v) is 6.21. The third kappa shape index (κ3) is 4.75. The van der Waals surface area contributed by atoms with Crippen LogP contribution in [0, 0.1) is 6.92 Å². The fourth-order valence-electron chi connectivity index (χ4n) is 1.57. The summed E-state index contributed by atoms with van der Waals surface area (Å²) in [4.78, 5) is 0. The van der Waals surface area contributed by atoms with Crippen LogP contribution in [-0.4, -0.2) is 19.8 Å². The lowest BCUT2D eigenvalue weighted by molar-refractivity contribution is 0.100. The van der Waals surface area contributed by atoms with E-state index in [0.29, 0.717) is 13.2 Å². The average Bonchev–Trinajstić information content (AvgIpc) is 2.30. The average molecular weight is 237 g/mol. The molecule has 1 aromatic rings.